The normalized spacial score (nSPS) is 11.5. The lowest BCUT2D eigenvalue weighted by atomic mass is 10.2. The molecule has 0 saturated heterocycles. The van der Waals surface area contributed by atoms with Crippen molar-refractivity contribution >= 4 is 25.8 Å². The number of sulfone groups is 1. The molecule has 0 spiro atoms. The number of rotatable bonds is 3. The minimum atomic E-state index is -3.62. The van der Waals surface area contributed by atoms with Crippen molar-refractivity contribution in [2.45, 2.75) is 10.6 Å². The van der Waals surface area contributed by atoms with Crippen molar-refractivity contribution < 1.29 is 17.2 Å². The molecule has 0 heterocycles. The Morgan fingerprint density at radius 2 is 1.58 bits per heavy atom. The molecule has 0 saturated carbocycles. The van der Waals surface area contributed by atoms with Crippen LogP contribution in [0.25, 0.3) is 0 Å². The SMILES string of the molecule is O=S(=O)(Cc1cc(F)cc(Br)c1)c1ccc(F)cc1. The zero-order valence-electron chi connectivity index (χ0n) is 9.61. The van der Waals surface area contributed by atoms with Crippen LogP contribution in [0.15, 0.2) is 51.8 Å². The molecule has 0 aromatic heterocycles. The largest absolute Gasteiger partial charge is 0.223 e. The molecule has 0 fully saturated rings. The van der Waals surface area contributed by atoms with Crippen LogP contribution in [0.3, 0.4) is 0 Å². The van der Waals surface area contributed by atoms with E-state index in [2.05, 4.69) is 15.9 Å². The first-order chi connectivity index (χ1) is 8.87. The second kappa shape index (κ2) is 5.38. The van der Waals surface area contributed by atoms with Gasteiger partial charge in [-0.15, -0.1) is 0 Å². The summed E-state index contributed by atoms with van der Waals surface area (Å²) in [4.78, 5) is 0.00860. The Hall–Kier alpha value is -1.27. The fourth-order valence-corrected chi connectivity index (χ4v) is 3.47. The minimum absolute atomic E-state index is 0.00860. The van der Waals surface area contributed by atoms with Crippen molar-refractivity contribution in [2.24, 2.45) is 0 Å². The van der Waals surface area contributed by atoms with Gasteiger partial charge >= 0.3 is 0 Å². The van der Waals surface area contributed by atoms with Crippen molar-refractivity contribution in [1.29, 1.82) is 0 Å². The second-order valence-electron chi connectivity index (χ2n) is 3.99. The van der Waals surface area contributed by atoms with Gasteiger partial charge in [0.25, 0.3) is 0 Å². The highest BCUT2D eigenvalue weighted by molar-refractivity contribution is 9.10. The van der Waals surface area contributed by atoms with Gasteiger partial charge in [0.2, 0.25) is 0 Å². The van der Waals surface area contributed by atoms with Crippen molar-refractivity contribution in [3.05, 3.63) is 64.1 Å². The molecule has 6 heteroatoms. The second-order valence-corrected chi connectivity index (χ2v) is 6.90. The molecule has 2 rings (SSSR count). The summed E-state index contributed by atoms with van der Waals surface area (Å²) in [6, 6.07) is 8.48. The van der Waals surface area contributed by atoms with Gasteiger partial charge in [0.1, 0.15) is 11.6 Å². The Bertz CT molecular complexity index is 677. The van der Waals surface area contributed by atoms with Crippen LogP contribution in [0.4, 0.5) is 8.78 Å². The van der Waals surface area contributed by atoms with Crippen LogP contribution in [0.2, 0.25) is 0 Å². The Kier molecular flexibility index (Phi) is 4.01. The molecule has 2 aromatic carbocycles. The summed E-state index contributed by atoms with van der Waals surface area (Å²) in [5, 5.41) is 0. The van der Waals surface area contributed by atoms with E-state index < -0.39 is 21.5 Å². The van der Waals surface area contributed by atoms with Crippen LogP contribution < -0.4 is 0 Å². The number of benzene rings is 2. The van der Waals surface area contributed by atoms with E-state index in [1.165, 1.54) is 24.3 Å². The quantitative estimate of drug-likeness (QED) is 0.794. The fraction of sp³-hybridized carbons (Fsp3) is 0.0769. The highest BCUT2D eigenvalue weighted by Gasteiger charge is 2.16. The van der Waals surface area contributed by atoms with E-state index in [1.807, 2.05) is 0 Å². The molecular formula is C13H9BrF2O2S. The van der Waals surface area contributed by atoms with Gasteiger partial charge in [-0.2, -0.15) is 0 Å². The Morgan fingerprint density at radius 3 is 2.16 bits per heavy atom. The van der Waals surface area contributed by atoms with Crippen molar-refractivity contribution in [1.82, 2.24) is 0 Å². The number of hydrogen-bond donors (Lipinski definition) is 0. The third-order valence-electron chi connectivity index (χ3n) is 2.45. The Labute approximate surface area is 118 Å². The average molecular weight is 347 g/mol. The van der Waals surface area contributed by atoms with Crippen LogP contribution >= 0.6 is 15.9 Å². The van der Waals surface area contributed by atoms with Gasteiger partial charge in [-0.25, -0.2) is 17.2 Å². The maximum atomic E-state index is 13.2. The standard InChI is InChI=1S/C13H9BrF2O2S/c14-10-5-9(6-12(16)7-10)8-19(17,18)13-3-1-11(15)2-4-13/h1-7H,8H2. The third kappa shape index (κ3) is 3.61. The third-order valence-corrected chi connectivity index (χ3v) is 4.61. The molecule has 0 unspecified atom stereocenters. The molecule has 19 heavy (non-hydrogen) atoms. The van der Waals surface area contributed by atoms with E-state index in [0.29, 0.717) is 10.0 Å². The first-order valence-corrected chi connectivity index (χ1v) is 7.75. The van der Waals surface area contributed by atoms with Gasteiger partial charge in [-0.1, -0.05) is 15.9 Å². The molecule has 0 radical (unpaired) electrons. The molecule has 0 aliphatic rings. The zero-order valence-corrected chi connectivity index (χ0v) is 12.0. The summed E-state index contributed by atoms with van der Waals surface area (Å²) < 4.78 is 50.6. The number of hydrogen-bond acceptors (Lipinski definition) is 2. The van der Waals surface area contributed by atoms with Gasteiger partial charge in [0, 0.05) is 4.47 Å². The van der Waals surface area contributed by atoms with E-state index in [0.717, 1.165) is 18.2 Å². The average Bonchev–Trinajstić information content (AvgIpc) is 2.27. The van der Waals surface area contributed by atoms with Crippen LogP contribution in [-0.2, 0) is 15.6 Å². The van der Waals surface area contributed by atoms with Crippen LogP contribution in [-0.4, -0.2) is 8.42 Å². The first kappa shape index (κ1) is 14.1. The predicted molar refractivity (Wildman–Crippen MR) is 71.4 cm³/mol. The van der Waals surface area contributed by atoms with E-state index in [4.69, 9.17) is 0 Å². The zero-order chi connectivity index (χ0) is 14.0. The molecule has 0 bridgehead atoms. The fourth-order valence-electron chi connectivity index (χ4n) is 1.64. The molecule has 2 aromatic rings. The summed E-state index contributed by atoms with van der Waals surface area (Å²) in [5.41, 5.74) is 0.330. The van der Waals surface area contributed by atoms with Crippen molar-refractivity contribution in [2.75, 3.05) is 0 Å². The molecule has 0 amide bonds. The van der Waals surface area contributed by atoms with Gasteiger partial charge in [-0.3, -0.25) is 0 Å². The molecular weight excluding hydrogens is 338 g/mol. The minimum Gasteiger partial charge on any atom is -0.223 e. The molecule has 0 aliphatic heterocycles. The Morgan fingerprint density at radius 1 is 0.947 bits per heavy atom. The lowest BCUT2D eigenvalue weighted by molar-refractivity contribution is 0.593. The molecule has 0 atom stereocenters. The van der Waals surface area contributed by atoms with Gasteiger partial charge in [0.15, 0.2) is 9.84 Å². The van der Waals surface area contributed by atoms with Gasteiger partial charge in [0.05, 0.1) is 10.6 Å². The van der Waals surface area contributed by atoms with Gasteiger partial charge in [-0.05, 0) is 48.0 Å². The Balaban J connectivity index is 2.33. The summed E-state index contributed by atoms with van der Waals surface area (Å²) in [6.07, 6.45) is 0. The van der Waals surface area contributed by atoms with Crippen LogP contribution in [0.5, 0.6) is 0 Å². The van der Waals surface area contributed by atoms with E-state index in [9.17, 15) is 17.2 Å². The molecule has 2 nitrogen and oxygen atoms in total. The lowest BCUT2D eigenvalue weighted by Crippen LogP contribution is -2.05. The highest BCUT2D eigenvalue weighted by Crippen LogP contribution is 2.20. The smallest absolute Gasteiger partial charge is 0.182 e. The van der Waals surface area contributed by atoms with E-state index in [-0.39, 0.29) is 10.6 Å². The summed E-state index contributed by atoms with van der Waals surface area (Å²) >= 11 is 3.10. The van der Waals surface area contributed by atoms with E-state index in [1.54, 1.807) is 0 Å². The summed E-state index contributed by atoms with van der Waals surface area (Å²) in [7, 11) is -3.62. The first-order valence-electron chi connectivity index (χ1n) is 5.30. The van der Waals surface area contributed by atoms with Crippen LogP contribution in [0, 0.1) is 11.6 Å². The van der Waals surface area contributed by atoms with Gasteiger partial charge < -0.3 is 0 Å². The molecule has 0 aliphatic carbocycles. The van der Waals surface area contributed by atoms with E-state index >= 15 is 0 Å². The topological polar surface area (TPSA) is 34.1 Å². The number of halogens is 3. The van der Waals surface area contributed by atoms with Crippen LogP contribution in [0.1, 0.15) is 5.56 Å². The summed E-state index contributed by atoms with van der Waals surface area (Å²) in [5.74, 6) is -1.36. The lowest BCUT2D eigenvalue weighted by Gasteiger charge is -2.05. The maximum absolute atomic E-state index is 13.2. The summed E-state index contributed by atoms with van der Waals surface area (Å²) in [6.45, 7) is 0. The molecule has 0 N–H and O–H groups in total. The van der Waals surface area contributed by atoms with Crippen molar-refractivity contribution in [3.8, 4) is 0 Å². The molecule has 100 valence electrons. The maximum Gasteiger partial charge on any atom is 0.182 e. The predicted octanol–water partition coefficient (Wildman–Crippen LogP) is 3.70. The monoisotopic (exact) mass is 346 g/mol. The highest BCUT2D eigenvalue weighted by atomic mass is 79.9. The van der Waals surface area contributed by atoms with Crippen molar-refractivity contribution in [3.63, 3.8) is 0 Å².